The van der Waals surface area contributed by atoms with Crippen molar-refractivity contribution in [2.45, 2.75) is 11.7 Å². The van der Waals surface area contributed by atoms with Gasteiger partial charge in [0.15, 0.2) is 10.8 Å². The van der Waals surface area contributed by atoms with Crippen LogP contribution in [0.5, 0.6) is 0 Å². The van der Waals surface area contributed by atoms with E-state index in [9.17, 15) is 4.79 Å². The Balaban J connectivity index is 1.72. The van der Waals surface area contributed by atoms with Crippen molar-refractivity contribution < 1.29 is 9.53 Å². The Morgan fingerprint density at radius 3 is 2.93 bits per heavy atom. The highest BCUT2D eigenvalue weighted by atomic mass is 79.9. The van der Waals surface area contributed by atoms with Crippen molar-refractivity contribution >= 4 is 62.1 Å². The van der Waals surface area contributed by atoms with Gasteiger partial charge in [0.2, 0.25) is 0 Å². The second kappa shape index (κ2) is 10.2. The molecule has 3 rings (SSSR count). The van der Waals surface area contributed by atoms with Crippen LogP contribution in [0.3, 0.4) is 0 Å². The number of amides is 1. The van der Waals surface area contributed by atoms with Crippen LogP contribution in [0.2, 0.25) is 5.02 Å². The highest BCUT2D eigenvalue weighted by Gasteiger charge is 2.14. The molecule has 0 spiro atoms. The number of halogens is 2. The molecule has 0 aliphatic carbocycles. The van der Waals surface area contributed by atoms with Crippen molar-refractivity contribution in [3.63, 3.8) is 0 Å². The van der Waals surface area contributed by atoms with E-state index < -0.39 is 0 Å². The summed E-state index contributed by atoms with van der Waals surface area (Å²) in [5.41, 5.74) is 1.13. The number of anilines is 1. The molecule has 0 saturated carbocycles. The van der Waals surface area contributed by atoms with E-state index in [0.29, 0.717) is 53.4 Å². The Hall–Kier alpha value is -1.88. The van der Waals surface area contributed by atoms with Crippen LogP contribution >= 0.6 is 39.3 Å². The normalized spacial score (nSPS) is 11.0. The first-order valence-corrected chi connectivity index (χ1v) is 11.2. The van der Waals surface area contributed by atoms with E-state index in [1.165, 1.54) is 11.8 Å². The lowest BCUT2D eigenvalue weighted by Gasteiger charge is -2.10. The van der Waals surface area contributed by atoms with Gasteiger partial charge in [-0.3, -0.25) is 4.79 Å². The van der Waals surface area contributed by atoms with Crippen molar-refractivity contribution in [1.29, 1.82) is 0 Å². The number of hydrogen-bond donors (Lipinski definition) is 2. The largest absolute Gasteiger partial charge is 0.383 e. The van der Waals surface area contributed by atoms with Crippen LogP contribution < -0.4 is 10.6 Å². The van der Waals surface area contributed by atoms with Gasteiger partial charge in [-0.05, 0) is 24.5 Å². The van der Waals surface area contributed by atoms with Crippen molar-refractivity contribution in [2.75, 3.05) is 38.4 Å². The maximum Gasteiger partial charge on any atom is 0.252 e. The van der Waals surface area contributed by atoms with Gasteiger partial charge in [-0.2, -0.15) is 5.10 Å². The first kappa shape index (κ1) is 21.8. The molecule has 0 bridgehead atoms. The number of carbonyl (C=O) groups excluding carboxylic acids is 1. The molecule has 0 aliphatic rings. The number of nitrogens with one attached hydrogen (secondary N) is 2. The molecule has 0 unspecified atom stereocenters. The Labute approximate surface area is 185 Å². The third kappa shape index (κ3) is 5.39. The summed E-state index contributed by atoms with van der Waals surface area (Å²) in [7, 11) is 1.65. The van der Waals surface area contributed by atoms with Crippen molar-refractivity contribution in [2.24, 2.45) is 0 Å². The fourth-order valence-corrected chi connectivity index (χ4v) is 3.56. The number of thioether (sulfide) groups is 1. The second-order valence-corrected chi connectivity index (χ2v) is 8.06. The molecule has 2 aromatic heterocycles. The maximum absolute atomic E-state index is 12.4. The molecule has 8 nitrogen and oxygen atoms in total. The quantitative estimate of drug-likeness (QED) is 0.264. The zero-order valence-corrected chi connectivity index (χ0v) is 19.1. The van der Waals surface area contributed by atoms with E-state index in [2.05, 4.69) is 41.6 Å². The summed E-state index contributed by atoms with van der Waals surface area (Å²) in [4.78, 5) is 21.5. The highest BCUT2D eigenvalue weighted by Crippen LogP contribution is 2.23. The minimum Gasteiger partial charge on any atom is -0.383 e. The van der Waals surface area contributed by atoms with Gasteiger partial charge < -0.3 is 15.4 Å². The molecule has 0 atom stereocenters. The Morgan fingerprint density at radius 2 is 2.17 bits per heavy atom. The van der Waals surface area contributed by atoms with Crippen LogP contribution in [0.15, 0.2) is 34.0 Å². The summed E-state index contributed by atoms with van der Waals surface area (Å²) in [6, 6.07) is 5.16. The summed E-state index contributed by atoms with van der Waals surface area (Å²) in [6.45, 7) is 2.04. The molecule has 29 heavy (non-hydrogen) atoms. The van der Waals surface area contributed by atoms with Gasteiger partial charge in [0.25, 0.3) is 5.91 Å². The van der Waals surface area contributed by atoms with Gasteiger partial charge in [-0.15, -0.1) is 0 Å². The molecule has 1 aromatic carbocycles. The standard InChI is InChI=1S/C18H20BrClN6O2S/c1-28-8-6-21-15-13-10-23-26(16(13)25-18(24-15)29-2)7-5-22-17(27)12-9-11(19)3-4-14(12)20/h3-4,9-10H,5-8H2,1-2H3,(H,22,27)(H,21,24,25). The summed E-state index contributed by atoms with van der Waals surface area (Å²) >= 11 is 10.9. The lowest BCUT2D eigenvalue weighted by atomic mass is 10.2. The average molecular weight is 500 g/mol. The molecular weight excluding hydrogens is 480 g/mol. The number of methoxy groups -OCH3 is 1. The van der Waals surface area contributed by atoms with E-state index in [4.69, 9.17) is 16.3 Å². The summed E-state index contributed by atoms with van der Waals surface area (Å²) in [5, 5.41) is 12.4. The van der Waals surface area contributed by atoms with E-state index in [0.717, 1.165) is 9.86 Å². The zero-order chi connectivity index (χ0) is 20.8. The number of rotatable bonds is 9. The summed E-state index contributed by atoms with van der Waals surface area (Å²) in [5.74, 6) is 0.474. The van der Waals surface area contributed by atoms with Gasteiger partial charge in [0.1, 0.15) is 5.82 Å². The minimum atomic E-state index is -0.242. The SMILES string of the molecule is COCCNc1nc(SC)nc2c1cnn2CCNC(=O)c1cc(Br)ccc1Cl. The van der Waals surface area contributed by atoms with E-state index in [1.54, 1.807) is 36.2 Å². The van der Waals surface area contributed by atoms with Gasteiger partial charge in [0.05, 0.1) is 35.3 Å². The third-order valence-electron chi connectivity index (χ3n) is 4.04. The van der Waals surface area contributed by atoms with Gasteiger partial charge >= 0.3 is 0 Å². The lowest BCUT2D eigenvalue weighted by Crippen LogP contribution is -2.27. The minimum absolute atomic E-state index is 0.242. The molecule has 154 valence electrons. The number of hydrogen-bond acceptors (Lipinski definition) is 7. The third-order valence-corrected chi connectivity index (χ3v) is 5.41. The predicted molar refractivity (Wildman–Crippen MR) is 119 cm³/mol. The molecular formula is C18H20BrClN6O2S. The van der Waals surface area contributed by atoms with Crippen LogP contribution in [0.1, 0.15) is 10.4 Å². The summed E-state index contributed by atoms with van der Waals surface area (Å²) in [6.07, 6.45) is 3.64. The molecule has 0 fully saturated rings. The van der Waals surface area contributed by atoms with E-state index >= 15 is 0 Å². The van der Waals surface area contributed by atoms with Gasteiger partial charge in [0, 0.05) is 24.7 Å². The Morgan fingerprint density at radius 1 is 1.34 bits per heavy atom. The average Bonchev–Trinajstić information content (AvgIpc) is 3.12. The van der Waals surface area contributed by atoms with Crippen LogP contribution in [-0.4, -0.2) is 58.7 Å². The fourth-order valence-electron chi connectivity index (χ4n) is 2.64. The lowest BCUT2D eigenvalue weighted by molar-refractivity contribution is 0.0952. The number of carbonyl (C=O) groups is 1. The molecule has 0 radical (unpaired) electrons. The second-order valence-electron chi connectivity index (χ2n) is 5.96. The molecule has 1 amide bonds. The molecule has 2 N–H and O–H groups in total. The number of aromatic nitrogens is 4. The number of fused-ring (bicyclic) bond motifs is 1. The Bertz CT molecular complexity index is 1020. The molecule has 3 aromatic rings. The van der Waals surface area contributed by atoms with Gasteiger partial charge in [-0.25, -0.2) is 14.6 Å². The topological polar surface area (TPSA) is 94.0 Å². The monoisotopic (exact) mass is 498 g/mol. The zero-order valence-electron chi connectivity index (χ0n) is 15.9. The predicted octanol–water partition coefficient (Wildman–Crippen LogP) is 3.45. The van der Waals surface area contributed by atoms with E-state index in [-0.39, 0.29) is 5.91 Å². The Kier molecular flexibility index (Phi) is 7.70. The molecule has 2 heterocycles. The highest BCUT2D eigenvalue weighted by molar-refractivity contribution is 9.10. The van der Waals surface area contributed by atoms with Crippen molar-refractivity contribution in [3.8, 4) is 0 Å². The first-order chi connectivity index (χ1) is 14.0. The molecule has 11 heteroatoms. The molecule has 0 aliphatic heterocycles. The van der Waals surface area contributed by atoms with Gasteiger partial charge in [-0.1, -0.05) is 39.3 Å². The fraction of sp³-hybridized carbons (Fsp3) is 0.333. The van der Waals surface area contributed by atoms with Crippen molar-refractivity contribution in [3.05, 3.63) is 39.5 Å². The van der Waals surface area contributed by atoms with Crippen LogP contribution in [-0.2, 0) is 11.3 Å². The molecule has 0 saturated heterocycles. The first-order valence-electron chi connectivity index (χ1n) is 8.77. The number of ether oxygens (including phenoxy) is 1. The summed E-state index contributed by atoms with van der Waals surface area (Å²) < 4.78 is 7.62. The van der Waals surface area contributed by atoms with Crippen molar-refractivity contribution in [1.82, 2.24) is 25.1 Å². The smallest absolute Gasteiger partial charge is 0.252 e. The van der Waals surface area contributed by atoms with Crippen LogP contribution in [0, 0.1) is 0 Å². The van der Waals surface area contributed by atoms with Crippen LogP contribution in [0.4, 0.5) is 5.82 Å². The number of benzene rings is 1. The van der Waals surface area contributed by atoms with E-state index in [1.807, 2.05) is 6.26 Å². The number of nitrogens with zero attached hydrogens (tertiary/aromatic N) is 4. The van der Waals surface area contributed by atoms with Crippen LogP contribution in [0.25, 0.3) is 11.0 Å². The maximum atomic E-state index is 12.4.